The maximum absolute atomic E-state index is 13.4. The minimum Gasteiger partial charge on any atom is -0.394 e. The molecular weight excluding hydrogens is 224 g/mol. The van der Waals surface area contributed by atoms with E-state index in [0.717, 1.165) is 37.8 Å². The number of hydrogen-bond acceptors (Lipinski definition) is 2. The second-order valence-electron chi connectivity index (χ2n) is 4.73. The molecule has 1 saturated carbocycles. The van der Waals surface area contributed by atoms with Crippen LogP contribution in [0.15, 0.2) is 18.2 Å². The molecule has 0 radical (unpaired) electrons. The number of rotatable bonds is 4. The Morgan fingerprint density at radius 2 is 1.94 bits per heavy atom. The third-order valence-corrected chi connectivity index (χ3v) is 3.52. The molecule has 2 nitrogen and oxygen atoms in total. The molecule has 0 saturated heterocycles. The molecule has 4 heteroatoms. The fraction of sp³-hybridized carbons (Fsp3) is 0.538. The lowest BCUT2D eigenvalue weighted by molar-refractivity contribution is 0.162. The molecule has 0 unspecified atom stereocenters. The lowest BCUT2D eigenvalue weighted by Gasteiger charge is -2.28. The molecule has 1 aromatic rings. The largest absolute Gasteiger partial charge is 0.394 e. The van der Waals surface area contributed by atoms with Crippen molar-refractivity contribution in [2.75, 3.05) is 6.61 Å². The van der Waals surface area contributed by atoms with Crippen LogP contribution in [0, 0.1) is 11.6 Å². The van der Waals surface area contributed by atoms with Crippen molar-refractivity contribution < 1.29 is 13.9 Å². The summed E-state index contributed by atoms with van der Waals surface area (Å²) in [7, 11) is 0. The quantitative estimate of drug-likeness (QED) is 0.848. The number of aliphatic hydroxyl groups is 1. The lowest BCUT2D eigenvalue weighted by Crippen LogP contribution is -2.45. The molecule has 0 bridgehead atoms. The number of benzene rings is 1. The zero-order valence-electron chi connectivity index (χ0n) is 9.68. The first-order valence-corrected chi connectivity index (χ1v) is 5.95. The second kappa shape index (κ2) is 5.10. The summed E-state index contributed by atoms with van der Waals surface area (Å²) in [5.41, 5.74) is 0.00314. The fourth-order valence-electron chi connectivity index (χ4n) is 2.40. The van der Waals surface area contributed by atoms with Gasteiger partial charge in [0.2, 0.25) is 0 Å². The van der Waals surface area contributed by atoms with Crippen molar-refractivity contribution in [1.29, 1.82) is 0 Å². The molecule has 0 aliphatic heterocycles. The van der Waals surface area contributed by atoms with Crippen LogP contribution in [0.1, 0.15) is 31.2 Å². The van der Waals surface area contributed by atoms with Crippen molar-refractivity contribution in [2.24, 2.45) is 0 Å². The van der Waals surface area contributed by atoms with E-state index in [4.69, 9.17) is 0 Å². The monoisotopic (exact) mass is 241 g/mol. The maximum Gasteiger partial charge on any atom is 0.127 e. The highest BCUT2D eigenvalue weighted by Crippen LogP contribution is 2.29. The highest BCUT2D eigenvalue weighted by molar-refractivity contribution is 5.19. The lowest BCUT2D eigenvalue weighted by atomic mass is 9.98. The van der Waals surface area contributed by atoms with Gasteiger partial charge in [0.15, 0.2) is 0 Å². The number of hydrogen-bond donors (Lipinski definition) is 2. The van der Waals surface area contributed by atoms with Gasteiger partial charge in [0, 0.05) is 17.6 Å². The van der Waals surface area contributed by atoms with E-state index in [9.17, 15) is 13.9 Å². The third kappa shape index (κ3) is 2.82. The summed E-state index contributed by atoms with van der Waals surface area (Å²) in [5.74, 6) is -0.849. The van der Waals surface area contributed by atoms with Crippen LogP contribution < -0.4 is 5.32 Å². The highest BCUT2D eigenvalue weighted by atomic mass is 19.1. The molecule has 0 spiro atoms. The van der Waals surface area contributed by atoms with Crippen molar-refractivity contribution in [1.82, 2.24) is 5.32 Å². The Kier molecular flexibility index (Phi) is 3.74. The molecule has 17 heavy (non-hydrogen) atoms. The predicted octanol–water partition coefficient (Wildman–Crippen LogP) is 2.36. The predicted molar refractivity (Wildman–Crippen MR) is 61.5 cm³/mol. The van der Waals surface area contributed by atoms with Crippen molar-refractivity contribution in [3.05, 3.63) is 35.4 Å². The van der Waals surface area contributed by atoms with Gasteiger partial charge < -0.3 is 10.4 Å². The van der Waals surface area contributed by atoms with Gasteiger partial charge in [-0.2, -0.15) is 0 Å². The van der Waals surface area contributed by atoms with E-state index in [1.807, 2.05) is 0 Å². The molecular formula is C13H17F2NO. The highest BCUT2D eigenvalue weighted by Gasteiger charge is 2.32. The zero-order chi connectivity index (χ0) is 12.3. The number of nitrogens with one attached hydrogen (secondary N) is 1. The smallest absolute Gasteiger partial charge is 0.127 e. The van der Waals surface area contributed by atoms with Crippen LogP contribution in [-0.4, -0.2) is 17.3 Å². The number of aliphatic hydroxyl groups excluding tert-OH is 1. The van der Waals surface area contributed by atoms with E-state index in [-0.39, 0.29) is 18.7 Å². The van der Waals surface area contributed by atoms with Crippen molar-refractivity contribution in [3.8, 4) is 0 Å². The minimum atomic E-state index is -0.437. The van der Waals surface area contributed by atoms with E-state index in [1.54, 1.807) is 0 Å². The summed E-state index contributed by atoms with van der Waals surface area (Å²) >= 11 is 0. The first-order chi connectivity index (χ1) is 8.15. The fourth-order valence-corrected chi connectivity index (χ4v) is 2.40. The van der Waals surface area contributed by atoms with Crippen LogP contribution in [0.5, 0.6) is 0 Å². The standard InChI is InChI=1S/C13H17F2NO/c14-11-3-4-12(15)10(7-11)8-16-13(9-17)5-1-2-6-13/h3-4,7,16-17H,1-2,5-6,8-9H2. The molecule has 0 aromatic heterocycles. The van der Waals surface area contributed by atoms with Gasteiger partial charge in [-0.25, -0.2) is 8.78 Å². The zero-order valence-corrected chi connectivity index (χ0v) is 9.68. The Bertz CT molecular complexity index is 389. The average molecular weight is 241 g/mol. The van der Waals surface area contributed by atoms with E-state index in [0.29, 0.717) is 5.56 Å². The Balaban J connectivity index is 2.03. The van der Waals surface area contributed by atoms with Crippen LogP contribution in [0.3, 0.4) is 0 Å². The van der Waals surface area contributed by atoms with Gasteiger partial charge in [0.05, 0.1) is 6.61 Å². The van der Waals surface area contributed by atoms with E-state index in [1.165, 1.54) is 6.07 Å². The average Bonchev–Trinajstić information content (AvgIpc) is 2.80. The SMILES string of the molecule is OCC1(NCc2cc(F)ccc2F)CCCC1. The molecule has 0 heterocycles. The molecule has 94 valence electrons. The van der Waals surface area contributed by atoms with Crippen LogP contribution in [0.4, 0.5) is 8.78 Å². The normalized spacial score (nSPS) is 18.5. The molecule has 1 aliphatic rings. The second-order valence-corrected chi connectivity index (χ2v) is 4.73. The van der Waals surface area contributed by atoms with Gasteiger partial charge in [-0.1, -0.05) is 12.8 Å². The molecule has 0 amide bonds. The Labute approximate surface area is 99.7 Å². The Morgan fingerprint density at radius 3 is 2.59 bits per heavy atom. The maximum atomic E-state index is 13.4. The van der Waals surface area contributed by atoms with Crippen LogP contribution in [0.2, 0.25) is 0 Å². The van der Waals surface area contributed by atoms with Crippen LogP contribution >= 0.6 is 0 Å². The van der Waals surface area contributed by atoms with E-state index in [2.05, 4.69) is 5.32 Å². The molecule has 0 atom stereocenters. The molecule has 1 aliphatic carbocycles. The van der Waals surface area contributed by atoms with Crippen LogP contribution in [0.25, 0.3) is 0 Å². The van der Waals surface area contributed by atoms with Gasteiger partial charge in [-0.15, -0.1) is 0 Å². The molecule has 1 aromatic carbocycles. The van der Waals surface area contributed by atoms with Gasteiger partial charge >= 0.3 is 0 Å². The summed E-state index contributed by atoms with van der Waals surface area (Å²) in [6.45, 7) is 0.300. The minimum absolute atomic E-state index is 0.0456. The van der Waals surface area contributed by atoms with Gasteiger partial charge in [0.1, 0.15) is 11.6 Å². The van der Waals surface area contributed by atoms with Crippen molar-refractivity contribution >= 4 is 0 Å². The summed E-state index contributed by atoms with van der Waals surface area (Å²) in [6, 6.07) is 3.44. The topological polar surface area (TPSA) is 32.3 Å². The van der Waals surface area contributed by atoms with Crippen LogP contribution in [-0.2, 0) is 6.54 Å². The first kappa shape index (κ1) is 12.5. The van der Waals surface area contributed by atoms with Gasteiger partial charge in [-0.3, -0.25) is 0 Å². The summed E-state index contributed by atoms with van der Waals surface area (Å²) in [5, 5.41) is 12.6. The van der Waals surface area contributed by atoms with Crippen molar-refractivity contribution in [2.45, 2.75) is 37.8 Å². The van der Waals surface area contributed by atoms with E-state index >= 15 is 0 Å². The summed E-state index contributed by atoms with van der Waals surface area (Å²) in [4.78, 5) is 0. The third-order valence-electron chi connectivity index (χ3n) is 3.52. The number of halogens is 2. The van der Waals surface area contributed by atoms with Crippen molar-refractivity contribution in [3.63, 3.8) is 0 Å². The van der Waals surface area contributed by atoms with Gasteiger partial charge in [-0.05, 0) is 31.0 Å². The summed E-state index contributed by atoms with van der Waals surface area (Å²) in [6.07, 6.45) is 3.92. The van der Waals surface area contributed by atoms with E-state index < -0.39 is 11.6 Å². The Hall–Kier alpha value is -1.00. The molecule has 2 rings (SSSR count). The molecule has 1 fully saturated rings. The Morgan fingerprint density at radius 1 is 1.24 bits per heavy atom. The van der Waals surface area contributed by atoms with Gasteiger partial charge in [0.25, 0.3) is 0 Å². The first-order valence-electron chi connectivity index (χ1n) is 5.95. The molecule has 2 N–H and O–H groups in total. The summed E-state index contributed by atoms with van der Waals surface area (Å²) < 4.78 is 26.4.